The second-order valence-electron chi connectivity index (χ2n) is 6.19. The first kappa shape index (κ1) is 19.2. The minimum absolute atomic E-state index is 0. The number of aromatic nitrogens is 4. The van der Waals surface area contributed by atoms with E-state index < -0.39 is 11.2 Å². The lowest BCUT2D eigenvalue weighted by molar-refractivity contribution is -0.132. The van der Waals surface area contributed by atoms with E-state index in [0.717, 1.165) is 30.5 Å². The van der Waals surface area contributed by atoms with Gasteiger partial charge in [-0.15, -0.1) is 12.4 Å². The minimum atomic E-state index is -0.438. The second-order valence-corrected chi connectivity index (χ2v) is 6.19. The Morgan fingerprint density at radius 3 is 2.72 bits per heavy atom. The Balaban J connectivity index is 0.00000225. The Morgan fingerprint density at radius 1 is 1.32 bits per heavy atom. The van der Waals surface area contributed by atoms with Crippen LogP contribution in [0.1, 0.15) is 12.8 Å². The molecule has 9 nitrogen and oxygen atoms in total. The molecule has 0 saturated carbocycles. The topological polar surface area (TPSA) is 94.2 Å². The summed E-state index contributed by atoms with van der Waals surface area (Å²) < 4.78 is 3.89. The second kappa shape index (κ2) is 7.40. The maximum Gasteiger partial charge on any atom is 0.332 e. The van der Waals surface area contributed by atoms with Gasteiger partial charge in [-0.1, -0.05) is 0 Å². The molecule has 2 aromatic rings. The maximum atomic E-state index is 12.7. The summed E-state index contributed by atoms with van der Waals surface area (Å²) in [6, 6.07) is 0.185. The molecule has 25 heavy (non-hydrogen) atoms. The highest BCUT2D eigenvalue weighted by atomic mass is 35.5. The lowest BCUT2D eigenvalue weighted by Crippen LogP contribution is -2.42. The molecule has 1 fully saturated rings. The highest BCUT2D eigenvalue weighted by molar-refractivity contribution is 5.85. The van der Waals surface area contributed by atoms with Crippen molar-refractivity contribution >= 4 is 29.5 Å². The fourth-order valence-electron chi connectivity index (χ4n) is 3.37. The van der Waals surface area contributed by atoms with Crippen molar-refractivity contribution in [2.75, 3.05) is 20.1 Å². The largest absolute Gasteiger partial charge is 0.337 e. The Hall–Kier alpha value is -2.13. The Bertz CT molecular complexity index is 899. The number of nitrogens with one attached hydrogen (secondary N) is 1. The number of amides is 1. The number of halogens is 1. The van der Waals surface area contributed by atoms with E-state index in [2.05, 4.69) is 10.3 Å². The van der Waals surface area contributed by atoms with Crippen molar-refractivity contribution in [1.29, 1.82) is 0 Å². The number of imidazole rings is 1. The van der Waals surface area contributed by atoms with Gasteiger partial charge in [-0.25, -0.2) is 9.78 Å². The molecule has 0 aliphatic carbocycles. The zero-order valence-corrected chi connectivity index (χ0v) is 15.4. The summed E-state index contributed by atoms with van der Waals surface area (Å²) in [5, 5.41) is 3.11. The first-order valence-corrected chi connectivity index (χ1v) is 8.00. The number of likely N-dealkylation sites (N-methyl/N-ethyl adjacent to an activating group) is 1. The molecule has 0 radical (unpaired) electrons. The number of likely N-dealkylation sites (tertiary alicyclic amines) is 1. The van der Waals surface area contributed by atoms with Crippen LogP contribution in [-0.4, -0.2) is 55.7 Å². The molecule has 1 N–H and O–H groups in total. The summed E-state index contributed by atoms with van der Waals surface area (Å²) in [6.45, 7) is 1.53. The van der Waals surface area contributed by atoms with E-state index in [1.54, 1.807) is 7.05 Å². The first-order chi connectivity index (χ1) is 11.5. The van der Waals surface area contributed by atoms with Gasteiger partial charge in [-0.2, -0.15) is 0 Å². The lowest BCUT2D eigenvalue weighted by Gasteiger charge is -2.24. The number of carbonyl (C=O) groups excluding carboxylic acids is 1. The van der Waals surface area contributed by atoms with Crippen LogP contribution >= 0.6 is 12.4 Å². The molecule has 0 aromatic carbocycles. The Morgan fingerprint density at radius 2 is 2.04 bits per heavy atom. The number of aryl methyl sites for hydroxylation is 1. The number of fused-ring (bicyclic) bond motifs is 1. The van der Waals surface area contributed by atoms with Gasteiger partial charge in [0.25, 0.3) is 5.56 Å². The summed E-state index contributed by atoms with van der Waals surface area (Å²) >= 11 is 0. The van der Waals surface area contributed by atoms with Gasteiger partial charge >= 0.3 is 5.69 Å². The molecule has 1 unspecified atom stereocenters. The molecular formula is C15H23ClN6O3. The van der Waals surface area contributed by atoms with Crippen LogP contribution < -0.4 is 16.6 Å². The lowest BCUT2D eigenvalue weighted by atomic mass is 10.2. The van der Waals surface area contributed by atoms with Gasteiger partial charge in [0, 0.05) is 33.2 Å². The van der Waals surface area contributed by atoms with Crippen molar-refractivity contribution in [3.8, 4) is 0 Å². The van der Waals surface area contributed by atoms with Crippen molar-refractivity contribution in [3.05, 3.63) is 27.2 Å². The molecule has 1 saturated heterocycles. The molecule has 1 aliphatic rings. The number of nitrogens with zero attached hydrogens (tertiary/aromatic N) is 5. The van der Waals surface area contributed by atoms with Crippen LogP contribution in [0.3, 0.4) is 0 Å². The number of hydrogen-bond acceptors (Lipinski definition) is 5. The van der Waals surface area contributed by atoms with Crippen LogP contribution in [0.15, 0.2) is 15.9 Å². The van der Waals surface area contributed by atoms with E-state index in [1.165, 1.54) is 22.5 Å². The Kier molecular flexibility index (Phi) is 5.69. The normalized spacial score (nSPS) is 17.1. The minimum Gasteiger partial charge on any atom is -0.337 e. The van der Waals surface area contributed by atoms with Crippen LogP contribution in [0.4, 0.5) is 0 Å². The van der Waals surface area contributed by atoms with Crippen molar-refractivity contribution in [1.82, 2.24) is 28.9 Å². The third-order valence-corrected chi connectivity index (χ3v) is 4.66. The molecule has 3 heterocycles. The van der Waals surface area contributed by atoms with Gasteiger partial charge in [0.2, 0.25) is 5.91 Å². The summed E-state index contributed by atoms with van der Waals surface area (Å²) in [6.07, 6.45) is 3.42. The zero-order chi connectivity index (χ0) is 17.4. The van der Waals surface area contributed by atoms with E-state index in [1.807, 2.05) is 11.9 Å². The number of rotatable bonds is 4. The summed E-state index contributed by atoms with van der Waals surface area (Å²) in [4.78, 5) is 43.0. The predicted octanol–water partition coefficient (Wildman–Crippen LogP) is -0.934. The molecular weight excluding hydrogens is 348 g/mol. The Labute approximate surface area is 150 Å². The molecule has 0 bridgehead atoms. The molecule has 0 spiro atoms. The molecule has 1 atom stereocenters. The number of hydrogen-bond donors (Lipinski definition) is 1. The van der Waals surface area contributed by atoms with Gasteiger partial charge < -0.3 is 14.8 Å². The third kappa shape index (κ3) is 3.21. The summed E-state index contributed by atoms with van der Waals surface area (Å²) in [5.74, 6) is -0.0389. The van der Waals surface area contributed by atoms with E-state index in [4.69, 9.17) is 0 Å². The van der Waals surface area contributed by atoms with Crippen LogP contribution in [0.5, 0.6) is 0 Å². The smallest absolute Gasteiger partial charge is 0.332 e. The van der Waals surface area contributed by atoms with Gasteiger partial charge in [0.1, 0.15) is 6.54 Å². The standard InChI is InChI=1S/C15H22N6O3.ClH/c1-16-7-10-5-4-6-21(10)11(22)8-20-9-17-13-12(20)14(23)19(3)15(24)18(13)2;/h9-10,16H,4-8H2,1-3H3;1H. The molecule has 1 aliphatic heterocycles. The maximum absolute atomic E-state index is 12.7. The van der Waals surface area contributed by atoms with E-state index in [-0.39, 0.29) is 36.4 Å². The summed E-state index contributed by atoms with van der Waals surface area (Å²) in [7, 11) is 4.86. The molecule has 138 valence electrons. The fraction of sp³-hybridized carbons (Fsp3) is 0.600. The fourth-order valence-corrected chi connectivity index (χ4v) is 3.37. The van der Waals surface area contributed by atoms with Gasteiger partial charge in [0.15, 0.2) is 11.2 Å². The van der Waals surface area contributed by atoms with Crippen LogP contribution in [-0.2, 0) is 25.4 Å². The monoisotopic (exact) mass is 370 g/mol. The van der Waals surface area contributed by atoms with Crippen molar-refractivity contribution in [2.24, 2.45) is 14.1 Å². The summed E-state index contributed by atoms with van der Waals surface area (Å²) in [5.41, 5.74) is -0.300. The molecule has 10 heteroatoms. The quantitative estimate of drug-likeness (QED) is 0.750. The molecule has 1 amide bonds. The average molecular weight is 371 g/mol. The van der Waals surface area contributed by atoms with Gasteiger partial charge in [0.05, 0.1) is 6.33 Å². The average Bonchev–Trinajstić information content (AvgIpc) is 3.18. The van der Waals surface area contributed by atoms with Crippen molar-refractivity contribution in [2.45, 2.75) is 25.4 Å². The number of carbonyl (C=O) groups is 1. The zero-order valence-electron chi connectivity index (χ0n) is 14.6. The third-order valence-electron chi connectivity index (χ3n) is 4.66. The molecule has 3 rings (SSSR count). The van der Waals surface area contributed by atoms with E-state index >= 15 is 0 Å². The highest BCUT2D eigenvalue weighted by Crippen LogP contribution is 2.17. The van der Waals surface area contributed by atoms with E-state index in [0.29, 0.717) is 5.65 Å². The predicted molar refractivity (Wildman–Crippen MR) is 96.1 cm³/mol. The van der Waals surface area contributed by atoms with Crippen LogP contribution in [0.2, 0.25) is 0 Å². The van der Waals surface area contributed by atoms with Crippen LogP contribution in [0.25, 0.3) is 11.2 Å². The van der Waals surface area contributed by atoms with Crippen LogP contribution in [0, 0.1) is 0 Å². The highest BCUT2D eigenvalue weighted by Gasteiger charge is 2.28. The molecule has 2 aromatic heterocycles. The van der Waals surface area contributed by atoms with E-state index in [9.17, 15) is 14.4 Å². The van der Waals surface area contributed by atoms with Crippen molar-refractivity contribution in [3.63, 3.8) is 0 Å². The first-order valence-electron chi connectivity index (χ1n) is 8.00. The van der Waals surface area contributed by atoms with Gasteiger partial charge in [-0.3, -0.25) is 18.7 Å². The van der Waals surface area contributed by atoms with Gasteiger partial charge in [-0.05, 0) is 19.9 Å². The van der Waals surface area contributed by atoms with Crippen molar-refractivity contribution < 1.29 is 4.79 Å². The SMILES string of the molecule is CNCC1CCCN1C(=O)Cn1cnc2c1c(=O)n(C)c(=O)n2C.Cl.